The Bertz CT molecular complexity index is 792. The van der Waals surface area contributed by atoms with Crippen LogP contribution in [0.2, 0.25) is 0 Å². The van der Waals surface area contributed by atoms with Crippen molar-refractivity contribution < 1.29 is 40.2 Å². The van der Waals surface area contributed by atoms with Crippen LogP contribution in [-0.2, 0) is 0 Å². The lowest BCUT2D eigenvalue weighted by molar-refractivity contribution is -0.275. The summed E-state index contributed by atoms with van der Waals surface area (Å²) in [5, 5.41) is 0.351. The van der Waals surface area contributed by atoms with E-state index in [2.05, 4.69) is 9.47 Å². The van der Waals surface area contributed by atoms with E-state index in [-0.39, 0.29) is 21.9 Å². The van der Waals surface area contributed by atoms with Crippen LogP contribution >= 0.6 is 0 Å². The van der Waals surface area contributed by atoms with Crippen LogP contribution in [0.1, 0.15) is 0 Å². The fourth-order valence-corrected chi connectivity index (χ4v) is 2.18. The highest BCUT2D eigenvalue weighted by molar-refractivity contribution is 6.08. The van der Waals surface area contributed by atoms with Gasteiger partial charge in [-0.1, -0.05) is 24.3 Å². The van der Waals surface area contributed by atoms with Gasteiger partial charge in [0, 0.05) is 10.8 Å². The number of alkyl halides is 6. The van der Waals surface area contributed by atoms with E-state index in [0.717, 1.165) is 12.1 Å². The van der Waals surface area contributed by atoms with E-state index in [0.29, 0.717) is 0 Å². The number of furan rings is 1. The van der Waals surface area contributed by atoms with E-state index in [9.17, 15) is 26.3 Å². The molecule has 9 heteroatoms. The maximum Gasteiger partial charge on any atom is 0.573 e. The molecule has 0 saturated heterocycles. The molecule has 3 nitrogen and oxygen atoms in total. The Morgan fingerprint density at radius 1 is 0.652 bits per heavy atom. The first kappa shape index (κ1) is 15.3. The number of fused-ring (bicyclic) bond motifs is 3. The van der Waals surface area contributed by atoms with Crippen LogP contribution in [-0.4, -0.2) is 12.7 Å². The van der Waals surface area contributed by atoms with Crippen molar-refractivity contribution in [2.75, 3.05) is 0 Å². The molecule has 1 heterocycles. The second-order valence-electron chi connectivity index (χ2n) is 4.46. The van der Waals surface area contributed by atoms with E-state index in [1.165, 1.54) is 24.3 Å². The highest BCUT2D eigenvalue weighted by Crippen LogP contribution is 2.41. The predicted molar refractivity (Wildman–Crippen MR) is 67.1 cm³/mol. The zero-order valence-electron chi connectivity index (χ0n) is 11.0. The van der Waals surface area contributed by atoms with Crippen molar-refractivity contribution in [3.8, 4) is 11.5 Å². The third-order valence-electron chi connectivity index (χ3n) is 2.90. The molecule has 122 valence electrons. The van der Waals surface area contributed by atoms with E-state index < -0.39 is 24.2 Å². The number of hydrogen-bond donors (Lipinski definition) is 0. The predicted octanol–water partition coefficient (Wildman–Crippen LogP) is 5.38. The van der Waals surface area contributed by atoms with Crippen LogP contribution in [0.5, 0.6) is 11.5 Å². The molecule has 0 radical (unpaired) electrons. The van der Waals surface area contributed by atoms with Crippen LogP contribution < -0.4 is 9.47 Å². The Balaban J connectivity index is 2.22. The molecule has 0 atom stereocenters. The van der Waals surface area contributed by atoms with Gasteiger partial charge in [0.25, 0.3) is 0 Å². The molecule has 0 saturated carbocycles. The van der Waals surface area contributed by atoms with Crippen LogP contribution in [0.4, 0.5) is 26.3 Å². The van der Waals surface area contributed by atoms with Crippen LogP contribution in [0, 0.1) is 0 Å². The SMILES string of the molecule is FC(F)(F)Oc1cccc2c1oc1c(OC(F)(F)F)cccc12. The third kappa shape index (κ3) is 3.13. The number of benzene rings is 2. The fraction of sp³-hybridized carbons (Fsp3) is 0.143. The van der Waals surface area contributed by atoms with Gasteiger partial charge in [0.05, 0.1) is 0 Å². The quantitative estimate of drug-likeness (QED) is 0.589. The van der Waals surface area contributed by atoms with Crippen molar-refractivity contribution in [3.05, 3.63) is 36.4 Å². The van der Waals surface area contributed by atoms with E-state index in [1.54, 1.807) is 0 Å². The standard InChI is InChI=1S/C14H6F6O3/c15-13(16,17)22-9-5-1-3-7-8-4-2-6-10(23-14(18,19)20)12(8)21-11(7)9/h1-6H. The molecule has 0 fully saturated rings. The normalized spacial score (nSPS) is 12.8. The van der Waals surface area contributed by atoms with Gasteiger partial charge in [-0.2, -0.15) is 0 Å². The minimum Gasteiger partial charge on any atom is -0.448 e. The second kappa shape index (κ2) is 4.97. The third-order valence-corrected chi connectivity index (χ3v) is 2.90. The molecule has 0 bridgehead atoms. The number of halogens is 6. The second-order valence-corrected chi connectivity index (χ2v) is 4.46. The van der Waals surface area contributed by atoms with Gasteiger partial charge in [-0.05, 0) is 12.1 Å². The summed E-state index contributed by atoms with van der Waals surface area (Å²) in [5.41, 5.74) is -0.643. The summed E-state index contributed by atoms with van der Waals surface area (Å²) in [6, 6.07) is 7.36. The highest BCUT2D eigenvalue weighted by atomic mass is 19.4. The molecular formula is C14H6F6O3. The molecule has 0 aliphatic carbocycles. The first-order valence-corrected chi connectivity index (χ1v) is 6.10. The minimum atomic E-state index is -4.96. The first-order chi connectivity index (χ1) is 10.6. The topological polar surface area (TPSA) is 31.6 Å². The molecule has 3 rings (SSSR count). The van der Waals surface area contributed by atoms with Crippen molar-refractivity contribution in [1.29, 1.82) is 0 Å². The van der Waals surface area contributed by atoms with E-state index in [4.69, 9.17) is 4.42 Å². The Hall–Kier alpha value is -2.58. The molecule has 0 spiro atoms. The minimum absolute atomic E-state index is 0.175. The van der Waals surface area contributed by atoms with Crippen molar-refractivity contribution in [3.63, 3.8) is 0 Å². The monoisotopic (exact) mass is 336 g/mol. The van der Waals surface area contributed by atoms with E-state index >= 15 is 0 Å². The number of ether oxygens (including phenoxy) is 2. The largest absolute Gasteiger partial charge is 0.573 e. The summed E-state index contributed by atoms with van der Waals surface area (Å²) in [6.07, 6.45) is -9.92. The van der Waals surface area contributed by atoms with Gasteiger partial charge in [-0.15, -0.1) is 26.3 Å². The summed E-state index contributed by atoms with van der Waals surface area (Å²) in [4.78, 5) is 0. The molecule has 0 aliphatic heterocycles. The van der Waals surface area contributed by atoms with Gasteiger partial charge >= 0.3 is 12.7 Å². The summed E-state index contributed by atoms with van der Waals surface area (Å²) >= 11 is 0. The number of rotatable bonds is 2. The van der Waals surface area contributed by atoms with Crippen molar-refractivity contribution >= 4 is 21.9 Å². The average molecular weight is 336 g/mol. The molecule has 0 aliphatic rings. The summed E-state index contributed by atoms with van der Waals surface area (Å²) in [5.74, 6) is -1.30. The maximum absolute atomic E-state index is 12.4. The van der Waals surface area contributed by atoms with E-state index in [1.807, 2.05) is 0 Å². The Kier molecular flexibility index (Phi) is 3.31. The van der Waals surface area contributed by atoms with Gasteiger partial charge in [0.2, 0.25) is 0 Å². The lowest BCUT2D eigenvalue weighted by atomic mass is 10.1. The van der Waals surface area contributed by atoms with Gasteiger partial charge in [0.1, 0.15) is 0 Å². The van der Waals surface area contributed by atoms with Crippen molar-refractivity contribution in [2.24, 2.45) is 0 Å². The summed E-state index contributed by atoms with van der Waals surface area (Å²) < 4.78 is 87.1. The van der Waals surface area contributed by atoms with Crippen LogP contribution in [0.15, 0.2) is 40.8 Å². The van der Waals surface area contributed by atoms with Gasteiger partial charge in [-0.25, -0.2) is 0 Å². The first-order valence-electron chi connectivity index (χ1n) is 6.10. The Morgan fingerprint density at radius 2 is 1.04 bits per heavy atom. The van der Waals surface area contributed by atoms with Crippen molar-refractivity contribution in [2.45, 2.75) is 12.7 Å². The smallest absolute Gasteiger partial charge is 0.448 e. The Morgan fingerprint density at radius 3 is 1.39 bits per heavy atom. The summed E-state index contributed by atoms with van der Waals surface area (Å²) in [7, 11) is 0. The molecule has 1 aromatic heterocycles. The van der Waals surface area contributed by atoms with Crippen LogP contribution in [0.25, 0.3) is 21.9 Å². The molecule has 0 unspecified atom stereocenters. The number of para-hydroxylation sites is 2. The van der Waals surface area contributed by atoms with Crippen LogP contribution in [0.3, 0.4) is 0 Å². The fourth-order valence-electron chi connectivity index (χ4n) is 2.18. The molecular weight excluding hydrogens is 330 g/mol. The molecule has 0 amide bonds. The Labute approximate surface area is 124 Å². The van der Waals surface area contributed by atoms with Crippen molar-refractivity contribution in [1.82, 2.24) is 0 Å². The molecule has 0 N–H and O–H groups in total. The lowest BCUT2D eigenvalue weighted by Gasteiger charge is -2.08. The zero-order valence-corrected chi connectivity index (χ0v) is 11.0. The lowest BCUT2D eigenvalue weighted by Crippen LogP contribution is -2.17. The number of hydrogen-bond acceptors (Lipinski definition) is 3. The average Bonchev–Trinajstić information content (AvgIpc) is 2.76. The maximum atomic E-state index is 12.4. The molecule has 3 aromatic rings. The van der Waals surface area contributed by atoms with Gasteiger partial charge in [-0.3, -0.25) is 0 Å². The molecule has 2 aromatic carbocycles. The zero-order chi connectivity index (χ0) is 16.8. The highest BCUT2D eigenvalue weighted by Gasteiger charge is 2.34. The van der Waals surface area contributed by atoms with Gasteiger partial charge < -0.3 is 13.9 Å². The van der Waals surface area contributed by atoms with Gasteiger partial charge in [0.15, 0.2) is 22.7 Å². The summed E-state index contributed by atoms with van der Waals surface area (Å²) in [6.45, 7) is 0. The molecule has 23 heavy (non-hydrogen) atoms.